The largest absolute Gasteiger partial charge is 0.417 e. The molecule has 1 fully saturated rings. The molecule has 0 unspecified atom stereocenters. The maximum Gasteiger partial charge on any atom is 0.417 e. The first kappa shape index (κ1) is 19.4. The van der Waals surface area contributed by atoms with Gasteiger partial charge in [-0.05, 0) is 48.6 Å². The molecule has 1 heterocycles. The number of carbonyl (C=O) groups is 1. The second-order valence-corrected chi connectivity index (χ2v) is 7.03. The number of halogens is 3. The number of hydrogen-bond donors (Lipinski definition) is 1. The summed E-state index contributed by atoms with van der Waals surface area (Å²) in [5.41, 5.74) is -0.665. The highest BCUT2D eigenvalue weighted by molar-refractivity contribution is 5.95. The third-order valence-corrected chi connectivity index (χ3v) is 5.18. The van der Waals surface area contributed by atoms with Crippen LogP contribution >= 0.6 is 0 Å². The van der Waals surface area contributed by atoms with Crippen molar-refractivity contribution in [1.29, 1.82) is 0 Å². The Kier molecular flexibility index (Phi) is 5.29. The Hall–Kier alpha value is -2.34. The number of rotatable bonds is 3. The first-order chi connectivity index (χ1) is 12.7. The third kappa shape index (κ3) is 4.16. The number of β-amino-alcohol motifs (C(OH)–C–C–N with tert-alkyl or cyclic N) is 1. The van der Waals surface area contributed by atoms with E-state index in [0.717, 1.165) is 12.5 Å². The highest BCUT2D eigenvalue weighted by Gasteiger charge is 2.35. The van der Waals surface area contributed by atoms with Crippen molar-refractivity contribution in [2.75, 3.05) is 13.1 Å². The summed E-state index contributed by atoms with van der Waals surface area (Å²) in [6, 6.07) is 11.5. The molecule has 1 atom stereocenters. The van der Waals surface area contributed by atoms with Gasteiger partial charge >= 0.3 is 6.18 Å². The van der Waals surface area contributed by atoms with Crippen molar-refractivity contribution in [2.45, 2.75) is 38.0 Å². The molecular formula is C21H22F3NO2. The Bertz CT molecular complexity index is 817. The number of benzene rings is 2. The van der Waals surface area contributed by atoms with E-state index in [4.69, 9.17) is 0 Å². The number of nitrogens with zero attached hydrogens (tertiary/aromatic N) is 1. The summed E-state index contributed by atoms with van der Waals surface area (Å²) < 4.78 is 39.6. The molecule has 0 radical (unpaired) electrons. The van der Waals surface area contributed by atoms with E-state index in [0.29, 0.717) is 30.5 Å². The lowest BCUT2D eigenvalue weighted by Gasteiger charge is -2.38. The van der Waals surface area contributed by atoms with Gasteiger partial charge in [-0.25, -0.2) is 0 Å². The van der Waals surface area contributed by atoms with E-state index in [9.17, 15) is 23.1 Å². The van der Waals surface area contributed by atoms with E-state index in [2.05, 4.69) is 0 Å². The fourth-order valence-electron chi connectivity index (χ4n) is 3.53. The number of hydrogen-bond acceptors (Lipinski definition) is 2. The lowest BCUT2D eigenvalue weighted by atomic mass is 9.90. The summed E-state index contributed by atoms with van der Waals surface area (Å²) in [6.45, 7) is 2.74. The summed E-state index contributed by atoms with van der Waals surface area (Å²) in [7, 11) is 0. The predicted octanol–water partition coefficient (Wildman–Crippen LogP) is 4.75. The van der Waals surface area contributed by atoms with Crippen LogP contribution < -0.4 is 0 Å². The van der Waals surface area contributed by atoms with Gasteiger partial charge in [0.2, 0.25) is 0 Å². The van der Waals surface area contributed by atoms with E-state index in [-0.39, 0.29) is 18.0 Å². The van der Waals surface area contributed by atoms with E-state index in [1.807, 2.05) is 6.92 Å². The lowest BCUT2D eigenvalue weighted by molar-refractivity contribution is -0.137. The van der Waals surface area contributed by atoms with Gasteiger partial charge in [-0.1, -0.05) is 37.3 Å². The fourth-order valence-corrected chi connectivity index (χ4v) is 3.53. The van der Waals surface area contributed by atoms with E-state index < -0.39 is 17.3 Å². The number of piperidine rings is 1. The Balaban J connectivity index is 1.83. The first-order valence-electron chi connectivity index (χ1n) is 9.02. The van der Waals surface area contributed by atoms with Gasteiger partial charge in [0.1, 0.15) is 0 Å². The Labute approximate surface area is 156 Å². The summed E-state index contributed by atoms with van der Waals surface area (Å²) >= 11 is 0. The number of carbonyl (C=O) groups excluding carboxylic acids is 1. The minimum Gasteiger partial charge on any atom is -0.388 e. The third-order valence-electron chi connectivity index (χ3n) is 5.18. The van der Waals surface area contributed by atoms with Crippen molar-refractivity contribution in [1.82, 2.24) is 4.90 Å². The quantitative estimate of drug-likeness (QED) is 0.839. The molecule has 1 N–H and O–H groups in total. The molecule has 2 aromatic carbocycles. The molecule has 0 bridgehead atoms. The summed E-state index contributed by atoms with van der Waals surface area (Å²) in [4.78, 5) is 14.3. The van der Waals surface area contributed by atoms with Crippen LogP contribution in [0.1, 0.15) is 42.1 Å². The normalized spacial score (nSPS) is 20.6. The van der Waals surface area contributed by atoms with Gasteiger partial charge in [-0.3, -0.25) is 4.79 Å². The molecule has 3 nitrogen and oxygen atoms in total. The smallest absolute Gasteiger partial charge is 0.388 e. The van der Waals surface area contributed by atoms with Crippen LogP contribution in [0, 0.1) is 0 Å². The van der Waals surface area contributed by atoms with Crippen LogP contribution in [-0.4, -0.2) is 34.6 Å². The number of alkyl halides is 3. The van der Waals surface area contributed by atoms with Crippen LogP contribution in [0.3, 0.4) is 0 Å². The van der Waals surface area contributed by atoms with Crippen LogP contribution in [-0.2, 0) is 6.18 Å². The van der Waals surface area contributed by atoms with Crippen LogP contribution in [0.25, 0.3) is 11.1 Å². The molecule has 0 spiro atoms. The van der Waals surface area contributed by atoms with Gasteiger partial charge < -0.3 is 10.0 Å². The molecule has 1 saturated heterocycles. The summed E-state index contributed by atoms with van der Waals surface area (Å²) in [6.07, 6.45) is -2.47. The fraction of sp³-hybridized carbons (Fsp3) is 0.381. The van der Waals surface area contributed by atoms with Crippen molar-refractivity contribution in [2.24, 2.45) is 0 Å². The average molecular weight is 377 g/mol. The zero-order chi connectivity index (χ0) is 19.7. The Morgan fingerprint density at radius 2 is 1.81 bits per heavy atom. The monoisotopic (exact) mass is 377 g/mol. The van der Waals surface area contributed by atoms with Gasteiger partial charge in [-0.15, -0.1) is 0 Å². The highest BCUT2D eigenvalue weighted by atomic mass is 19.4. The molecule has 1 aliphatic rings. The SMILES string of the molecule is CC[C@]1(O)CCCN(C(=O)c2ccc(-c3ccccc3C(F)(F)F)cc2)C1. The first-order valence-corrected chi connectivity index (χ1v) is 9.02. The molecule has 0 saturated carbocycles. The predicted molar refractivity (Wildman–Crippen MR) is 97.3 cm³/mol. The van der Waals surface area contributed by atoms with Gasteiger partial charge in [0.15, 0.2) is 0 Å². The zero-order valence-corrected chi connectivity index (χ0v) is 15.1. The Morgan fingerprint density at radius 3 is 2.44 bits per heavy atom. The van der Waals surface area contributed by atoms with E-state index in [1.165, 1.54) is 24.3 Å². The lowest BCUT2D eigenvalue weighted by Crippen LogP contribution is -2.49. The topological polar surface area (TPSA) is 40.5 Å². The standard InChI is InChI=1S/C21H22F3NO2/c1-2-20(27)12-5-13-25(14-20)19(26)16-10-8-15(9-11-16)17-6-3-4-7-18(17)21(22,23)24/h3-4,6-11,27H,2,5,12-14H2,1H3/t20-/m0/s1. The molecule has 2 aromatic rings. The van der Waals surface area contributed by atoms with Crippen LogP contribution in [0.15, 0.2) is 48.5 Å². The van der Waals surface area contributed by atoms with Crippen molar-refractivity contribution < 1.29 is 23.1 Å². The van der Waals surface area contributed by atoms with Gasteiger partial charge in [-0.2, -0.15) is 13.2 Å². The average Bonchev–Trinajstić information content (AvgIpc) is 2.67. The van der Waals surface area contributed by atoms with Crippen LogP contribution in [0.5, 0.6) is 0 Å². The Morgan fingerprint density at radius 1 is 1.15 bits per heavy atom. The number of likely N-dealkylation sites (tertiary alicyclic amines) is 1. The number of aliphatic hydroxyl groups is 1. The number of amides is 1. The van der Waals surface area contributed by atoms with Crippen molar-refractivity contribution >= 4 is 5.91 Å². The molecule has 6 heteroatoms. The van der Waals surface area contributed by atoms with E-state index >= 15 is 0 Å². The maximum absolute atomic E-state index is 13.2. The van der Waals surface area contributed by atoms with Crippen LogP contribution in [0.4, 0.5) is 13.2 Å². The van der Waals surface area contributed by atoms with Crippen molar-refractivity contribution in [3.05, 3.63) is 59.7 Å². The molecule has 1 aliphatic heterocycles. The van der Waals surface area contributed by atoms with Gasteiger partial charge in [0, 0.05) is 18.7 Å². The second kappa shape index (κ2) is 7.35. The van der Waals surface area contributed by atoms with Crippen LogP contribution in [0.2, 0.25) is 0 Å². The van der Waals surface area contributed by atoms with Crippen molar-refractivity contribution in [3.8, 4) is 11.1 Å². The molecule has 3 rings (SSSR count). The molecule has 0 aliphatic carbocycles. The maximum atomic E-state index is 13.2. The second-order valence-electron chi connectivity index (χ2n) is 7.03. The van der Waals surface area contributed by atoms with E-state index in [1.54, 1.807) is 23.1 Å². The molecular weight excluding hydrogens is 355 g/mol. The molecule has 27 heavy (non-hydrogen) atoms. The van der Waals surface area contributed by atoms with Gasteiger partial charge in [0.05, 0.1) is 11.2 Å². The molecule has 1 amide bonds. The molecule has 144 valence electrons. The van der Waals surface area contributed by atoms with Gasteiger partial charge in [0.25, 0.3) is 5.91 Å². The zero-order valence-electron chi connectivity index (χ0n) is 15.1. The van der Waals surface area contributed by atoms with Crippen molar-refractivity contribution in [3.63, 3.8) is 0 Å². The highest BCUT2D eigenvalue weighted by Crippen LogP contribution is 2.37. The summed E-state index contributed by atoms with van der Waals surface area (Å²) in [5, 5.41) is 10.4. The minimum atomic E-state index is -4.44. The molecule has 0 aromatic heterocycles. The summed E-state index contributed by atoms with van der Waals surface area (Å²) in [5.74, 6) is -0.211. The minimum absolute atomic E-state index is 0.0855.